The highest BCUT2D eigenvalue weighted by molar-refractivity contribution is 8.00. The molecule has 1 aromatic rings. The average molecular weight is 424 g/mol. The normalized spacial score (nSPS) is 10.7. The number of aromatic hydroxyl groups is 1. The number of primary amides is 1. The van der Waals surface area contributed by atoms with Crippen LogP contribution in [0.2, 0.25) is 0 Å². The van der Waals surface area contributed by atoms with Gasteiger partial charge in [0.15, 0.2) is 0 Å². The van der Waals surface area contributed by atoms with Crippen molar-refractivity contribution in [2.45, 2.75) is 76.0 Å². The molecular weight excluding hydrogens is 386 g/mol. The smallest absolute Gasteiger partial charge is 0.316 e. The minimum Gasteiger partial charge on any atom is -0.508 e. The third kappa shape index (κ3) is 13.0. The number of nitrogens with zero attached hydrogens (tertiary/aromatic N) is 1. The highest BCUT2D eigenvalue weighted by Gasteiger charge is 2.11. The van der Waals surface area contributed by atoms with Crippen molar-refractivity contribution in [1.29, 1.82) is 0 Å². The van der Waals surface area contributed by atoms with Gasteiger partial charge >= 0.3 is 6.03 Å². The van der Waals surface area contributed by atoms with Crippen LogP contribution in [0.5, 0.6) is 5.75 Å². The largest absolute Gasteiger partial charge is 0.508 e. The zero-order chi connectivity index (χ0) is 21.3. The summed E-state index contributed by atoms with van der Waals surface area (Å²) < 4.78 is 0. The predicted octanol–water partition coefficient (Wildman–Crippen LogP) is 4.86. The second-order valence-corrected chi connectivity index (χ2v) is 8.37. The molecule has 0 aliphatic carbocycles. The van der Waals surface area contributed by atoms with Gasteiger partial charge in [0.05, 0.1) is 12.4 Å². The van der Waals surface area contributed by atoms with Crippen LogP contribution in [0.3, 0.4) is 0 Å². The number of carbonyl (C=O) groups is 2. The fraction of sp³-hybridized carbons (Fsp3) is 0.636. The van der Waals surface area contributed by atoms with Crippen molar-refractivity contribution < 1.29 is 14.7 Å². The number of hydrogen-bond donors (Lipinski definition) is 3. The molecule has 0 saturated carbocycles. The van der Waals surface area contributed by atoms with Crippen molar-refractivity contribution >= 4 is 23.7 Å². The number of carbonyl (C=O) groups excluding carboxylic acids is 2. The van der Waals surface area contributed by atoms with Gasteiger partial charge in [-0.2, -0.15) is 0 Å². The SMILES string of the molecule is CCCCCCCCCCCCN(CNC(=O)CSc1ccc(O)cc1)C(N)=O. The molecule has 0 aromatic heterocycles. The molecule has 4 N–H and O–H groups in total. The van der Waals surface area contributed by atoms with E-state index < -0.39 is 6.03 Å². The Bertz CT molecular complexity index is 581. The van der Waals surface area contributed by atoms with Crippen LogP contribution in [0, 0.1) is 0 Å². The lowest BCUT2D eigenvalue weighted by atomic mass is 10.1. The number of amides is 3. The molecule has 0 fully saturated rings. The number of phenolic OH excluding ortho intramolecular Hbond substituents is 1. The van der Waals surface area contributed by atoms with Crippen molar-refractivity contribution in [3.63, 3.8) is 0 Å². The average Bonchev–Trinajstić information content (AvgIpc) is 2.70. The molecule has 0 radical (unpaired) electrons. The van der Waals surface area contributed by atoms with Crippen molar-refractivity contribution in [3.05, 3.63) is 24.3 Å². The van der Waals surface area contributed by atoms with E-state index in [1.807, 2.05) is 0 Å². The van der Waals surface area contributed by atoms with Crippen LogP contribution in [-0.2, 0) is 4.79 Å². The first-order valence-electron chi connectivity index (χ1n) is 10.8. The summed E-state index contributed by atoms with van der Waals surface area (Å²) in [5.41, 5.74) is 5.43. The second kappa shape index (κ2) is 16.0. The third-order valence-corrected chi connectivity index (χ3v) is 5.78. The van der Waals surface area contributed by atoms with Crippen LogP contribution >= 0.6 is 11.8 Å². The monoisotopic (exact) mass is 423 g/mol. The summed E-state index contributed by atoms with van der Waals surface area (Å²) in [6.07, 6.45) is 12.3. The Morgan fingerprint density at radius 1 is 0.966 bits per heavy atom. The molecule has 164 valence electrons. The number of urea groups is 1. The van der Waals surface area contributed by atoms with Gasteiger partial charge in [-0.05, 0) is 30.7 Å². The number of nitrogens with one attached hydrogen (secondary N) is 1. The second-order valence-electron chi connectivity index (χ2n) is 7.32. The van der Waals surface area contributed by atoms with Crippen LogP contribution in [0.4, 0.5) is 4.79 Å². The summed E-state index contributed by atoms with van der Waals surface area (Å²) in [6, 6.07) is 6.18. The number of hydrogen-bond acceptors (Lipinski definition) is 4. The predicted molar refractivity (Wildman–Crippen MR) is 120 cm³/mol. The Morgan fingerprint density at radius 3 is 2.07 bits per heavy atom. The summed E-state index contributed by atoms with van der Waals surface area (Å²) in [6.45, 7) is 2.94. The first-order valence-corrected chi connectivity index (χ1v) is 11.7. The maximum Gasteiger partial charge on any atom is 0.316 e. The fourth-order valence-corrected chi connectivity index (χ4v) is 3.71. The molecule has 0 aliphatic rings. The highest BCUT2D eigenvalue weighted by atomic mass is 32.2. The summed E-state index contributed by atoms with van der Waals surface area (Å²) in [5.74, 6) is 0.288. The lowest BCUT2D eigenvalue weighted by molar-refractivity contribution is -0.119. The molecule has 1 aromatic carbocycles. The van der Waals surface area contributed by atoms with Crippen LogP contribution < -0.4 is 11.1 Å². The van der Waals surface area contributed by atoms with Crippen molar-refractivity contribution in [1.82, 2.24) is 10.2 Å². The molecule has 0 bridgehead atoms. The van der Waals surface area contributed by atoms with Gasteiger partial charge in [0.1, 0.15) is 5.75 Å². The molecule has 0 heterocycles. The Labute approximate surface area is 179 Å². The number of phenols is 1. The number of benzene rings is 1. The van der Waals surface area contributed by atoms with E-state index in [0.717, 1.165) is 17.7 Å². The maximum absolute atomic E-state index is 12.0. The number of unbranched alkanes of at least 4 members (excludes halogenated alkanes) is 9. The summed E-state index contributed by atoms with van der Waals surface area (Å²) in [7, 11) is 0. The van der Waals surface area contributed by atoms with E-state index in [1.54, 1.807) is 24.3 Å². The molecule has 3 amide bonds. The van der Waals surface area contributed by atoms with Gasteiger partial charge in [0.25, 0.3) is 0 Å². The first-order chi connectivity index (χ1) is 14.0. The standard InChI is InChI=1S/C22H37N3O3S/c1-2-3-4-5-6-7-8-9-10-11-16-25(22(23)28)18-24-21(27)17-29-20-14-12-19(26)13-15-20/h12-15,26H,2-11,16-18H2,1H3,(H2,23,28)(H,24,27). The van der Waals surface area contributed by atoms with Crippen LogP contribution in [0.15, 0.2) is 29.2 Å². The van der Waals surface area contributed by atoms with Crippen molar-refractivity contribution in [2.75, 3.05) is 19.0 Å². The van der Waals surface area contributed by atoms with Crippen LogP contribution in [-0.4, -0.2) is 40.9 Å². The minimum atomic E-state index is -0.507. The van der Waals surface area contributed by atoms with E-state index in [9.17, 15) is 14.7 Å². The Hall–Kier alpha value is -1.89. The first kappa shape index (κ1) is 25.1. The summed E-state index contributed by atoms with van der Waals surface area (Å²) in [4.78, 5) is 26.0. The van der Waals surface area contributed by atoms with E-state index >= 15 is 0 Å². The van der Waals surface area contributed by atoms with Crippen molar-refractivity contribution in [2.24, 2.45) is 5.73 Å². The van der Waals surface area contributed by atoms with E-state index in [0.29, 0.717) is 6.54 Å². The number of thioether (sulfide) groups is 1. The van der Waals surface area contributed by atoms with E-state index in [1.165, 1.54) is 68.0 Å². The number of nitrogens with two attached hydrogens (primary N) is 1. The molecule has 7 heteroatoms. The Balaban J connectivity index is 2.11. The van der Waals surface area contributed by atoms with E-state index in [4.69, 9.17) is 5.73 Å². The summed E-state index contributed by atoms with van der Waals surface area (Å²) in [5, 5.41) is 12.0. The van der Waals surface area contributed by atoms with Gasteiger partial charge in [0.2, 0.25) is 5.91 Å². The van der Waals surface area contributed by atoms with Gasteiger partial charge in [-0.1, -0.05) is 64.7 Å². The molecule has 6 nitrogen and oxygen atoms in total. The molecular formula is C22H37N3O3S. The topological polar surface area (TPSA) is 95.7 Å². The zero-order valence-electron chi connectivity index (χ0n) is 17.7. The fourth-order valence-electron chi connectivity index (χ4n) is 2.98. The lowest BCUT2D eigenvalue weighted by Crippen LogP contribution is -2.44. The van der Waals surface area contributed by atoms with Gasteiger partial charge in [-0.15, -0.1) is 11.8 Å². The highest BCUT2D eigenvalue weighted by Crippen LogP contribution is 2.20. The maximum atomic E-state index is 12.0. The number of rotatable bonds is 16. The molecule has 0 aliphatic heterocycles. The quantitative estimate of drug-likeness (QED) is 0.201. The molecule has 29 heavy (non-hydrogen) atoms. The van der Waals surface area contributed by atoms with Gasteiger partial charge < -0.3 is 21.1 Å². The van der Waals surface area contributed by atoms with Gasteiger partial charge in [0, 0.05) is 11.4 Å². The van der Waals surface area contributed by atoms with Crippen LogP contribution in [0.25, 0.3) is 0 Å². The minimum absolute atomic E-state index is 0.141. The molecule has 0 spiro atoms. The molecule has 1 rings (SSSR count). The summed E-state index contributed by atoms with van der Waals surface area (Å²) >= 11 is 1.37. The molecule has 0 atom stereocenters. The zero-order valence-corrected chi connectivity index (χ0v) is 18.5. The van der Waals surface area contributed by atoms with Crippen molar-refractivity contribution in [3.8, 4) is 5.75 Å². The molecule has 0 unspecified atom stereocenters. The Kier molecular flexibility index (Phi) is 13.8. The van der Waals surface area contributed by atoms with Gasteiger partial charge in [-0.3, -0.25) is 4.79 Å². The lowest BCUT2D eigenvalue weighted by Gasteiger charge is -2.20. The Morgan fingerprint density at radius 2 is 1.52 bits per heavy atom. The van der Waals surface area contributed by atoms with Gasteiger partial charge in [-0.25, -0.2) is 4.79 Å². The third-order valence-electron chi connectivity index (χ3n) is 4.77. The van der Waals surface area contributed by atoms with E-state index in [-0.39, 0.29) is 24.1 Å². The molecule has 0 saturated heterocycles. The van der Waals surface area contributed by atoms with Crippen LogP contribution in [0.1, 0.15) is 71.1 Å². The van der Waals surface area contributed by atoms with E-state index in [2.05, 4.69) is 12.2 Å².